The minimum atomic E-state index is 0.950. The maximum atomic E-state index is 3.49. The lowest BCUT2D eigenvalue weighted by Crippen LogP contribution is -2.30. The normalized spacial score (nSPS) is 17.2. The standard InChI is InChI=1S/C30H27N/c1-21-3-6-23(7-4-21)8-12-25-15-16-26(30-29(25)17-18-31-30)13-9-24-10-14-27-19-22(2)5-11-28(27)20-24/h3,5-6,11,17-20,31H,4,7,10,14-16H2,1-2H3. The van der Waals surface area contributed by atoms with Crippen LogP contribution in [-0.4, -0.2) is 4.98 Å². The number of rotatable bonds is 0. The third kappa shape index (κ3) is 4.23. The van der Waals surface area contributed by atoms with Crippen LogP contribution in [0.4, 0.5) is 0 Å². The van der Waals surface area contributed by atoms with E-state index >= 15 is 0 Å². The van der Waals surface area contributed by atoms with Gasteiger partial charge >= 0.3 is 0 Å². The van der Waals surface area contributed by atoms with Crippen LogP contribution in [-0.2, 0) is 6.42 Å². The van der Waals surface area contributed by atoms with Gasteiger partial charge in [-0.2, -0.15) is 0 Å². The molecule has 0 radical (unpaired) electrons. The number of hydrogen-bond acceptors (Lipinski definition) is 0. The highest BCUT2D eigenvalue weighted by Gasteiger charge is 2.11. The second-order valence-electron chi connectivity index (χ2n) is 8.80. The van der Waals surface area contributed by atoms with E-state index < -0.39 is 0 Å². The highest BCUT2D eigenvalue weighted by Crippen LogP contribution is 2.25. The van der Waals surface area contributed by atoms with Crippen LogP contribution in [0.5, 0.6) is 0 Å². The van der Waals surface area contributed by atoms with Crippen LogP contribution < -0.4 is 10.6 Å². The lowest BCUT2D eigenvalue weighted by molar-refractivity contribution is 0.934. The number of aromatic amines is 1. The average Bonchev–Trinajstić information content (AvgIpc) is 3.28. The van der Waals surface area contributed by atoms with E-state index in [0.29, 0.717) is 0 Å². The Balaban J connectivity index is 1.47. The van der Waals surface area contributed by atoms with Crippen LogP contribution in [0.3, 0.4) is 0 Å². The van der Waals surface area contributed by atoms with Gasteiger partial charge in [0.1, 0.15) is 0 Å². The molecule has 0 saturated heterocycles. The van der Waals surface area contributed by atoms with Crippen molar-refractivity contribution in [1.29, 1.82) is 0 Å². The van der Waals surface area contributed by atoms with Gasteiger partial charge in [0.15, 0.2) is 0 Å². The van der Waals surface area contributed by atoms with Crippen molar-refractivity contribution in [1.82, 2.24) is 4.98 Å². The average molecular weight is 402 g/mol. The largest absolute Gasteiger partial charge is 0.360 e. The summed E-state index contributed by atoms with van der Waals surface area (Å²) in [7, 11) is 0. The van der Waals surface area contributed by atoms with Gasteiger partial charge in [0.2, 0.25) is 0 Å². The van der Waals surface area contributed by atoms with Crippen molar-refractivity contribution in [2.75, 3.05) is 0 Å². The van der Waals surface area contributed by atoms with Gasteiger partial charge in [0.25, 0.3) is 0 Å². The number of hydrogen-bond donors (Lipinski definition) is 1. The molecular formula is C30H27N. The van der Waals surface area contributed by atoms with E-state index in [2.05, 4.69) is 85.0 Å². The monoisotopic (exact) mass is 401 g/mol. The van der Waals surface area contributed by atoms with Crippen LogP contribution in [0, 0.1) is 30.6 Å². The Hall–Kier alpha value is -3.42. The fraction of sp³-hybridized carbons (Fsp3) is 0.267. The number of aromatic nitrogens is 1. The summed E-state index contributed by atoms with van der Waals surface area (Å²) in [6, 6.07) is 8.86. The molecular weight excluding hydrogens is 374 g/mol. The maximum Gasteiger partial charge on any atom is 0.0580 e. The zero-order valence-electron chi connectivity index (χ0n) is 18.4. The van der Waals surface area contributed by atoms with Crippen molar-refractivity contribution >= 4 is 17.2 Å². The second kappa shape index (κ2) is 8.37. The molecule has 1 nitrogen and oxygen atoms in total. The molecule has 31 heavy (non-hydrogen) atoms. The van der Waals surface area contributed by atoms with Crippen molar-refractivity contribution in [3.63, 3.8) is 0 Å². The first-order valence-electron chi connectivity index (χ1n) is 11.3. The molecule has 0 amide bonds. The highest BCUT2D eigenvalue weighted by atomic mass is 14.7. The van der Waals surface area contributed by atoms with E-state index in [1.54, 1.807) is 0 Å². The van der Waals surface area contributed by atoms with E-state index in [9.17, 15) is 0 Å². The fourth-order valence-corrected chi connectivity index (χ4v) is 4.51. The van der Waals surface area contributed by atoms with Gasteiger partial charge in [-0.25, -0.2) is 0 Å². The van der Waals surface area contributed by atoms with Crippen LogP contribution in [0.15, 0.2) is 59.3 Å². The Morgan fingerprint density at radius 2 is 1.55 bits per heavy atom. The fourth-order valence-electron chi connectivity index (χ4n) is 4.51. The quantitative estimate of drug-likeness (QED) is 0.590. The molecule has 0 aliphatic heterocycles. The SMILES string of the molecule is CC1=CC=C(C#CC2=c3cc[nH]c3=C(C#CC3=Cc4ccc(C)cc4CC3)CC2)CC1. The zero-order chi connectivity index (χ0) is 21.2. The summed E-state index contributed by atoms with van der Waals surface area (Å²) in [4.78, 5) is 3.42. The number of H-pyrrole nitrogens is 1. The first-order chi connectivity index (χ1) is 15.2. The molecule has 152 valence electrons. The van der Waals surface area contributed by atoms with Crippen molar-refractivity contribution in [3.05, 3.63) is 86.6 Å². The minimum absolute atomic E-state index is 0.950. The summed E-state index contributed by atoms with van der Waals surface area (Å²) < 4.78 is 0. The molecule has 2 aromatic rings. The van der Waals surface area contributed by atoms with Gasteiger partial charge in [-0.05, 0) is 75.6 Å². The minimum Gasteiger partial charge on any atom is -0.360 e. The van der Waals surface area contributed by atoms with Crippen LogP contribution in [0.2, 0.25) is 0 Å². The van der Waals surface area contributed by atoms with Gasteiger partial charge in [0, 0.05) is 33.7 Å². The Morgan fingerprint density at radius 1 is 0.742 bits per heavy atom. The third-order valence-corrected chi connectivity index (χ3v) is 6.40. The van der Waals surface area contributed by atoms with E-state index in [4.69, 9.17) is 0 Å². The Labute approximate surface area is 185 Å². The summed E-state index contributed by atoms with van der Waals surface area (Å²) in [5, 5.41) is 2.38. The van der Waals surface area contributed by atoms with Gasteiger partial charge < -0.3 is 4.98 Å². The number of allylic oxidation sites excluding steroid dienone is 5. The first-order valence-corrected chi connectivity index (χ1v) is 11.3. The first kappa shape index (κ1) is 19.5. The van der Waals surface area contributed by atoms with E-state index in [1.807, 2.05) is 6.20 Å². The maximum absolute atomic E-state index is 3.49. The van der Waals surface area contributed by atoms with Crippen molar-refractivity contribution in [2.45, 2.75) is 52.4 Å². The smallest absolute Gasteiger partial charge is 0.0580 e. The molecule has 0 saturated carbocycles. The molecule has 3 aliphatic carbocycles. The second-order valence-corrected chi connectivity index (χ2v) is 8.80. The van der Waals surface area contributed by atoms with E-state index in [0.717, 1.165) is 43.9 Å². The van der Waals surface area contributed by atoms with Crippen molar-refractivity contribution in [3.8, 4) is 23.7 Å². The summed E-state index contributed by atoms with van der Waals surface area (Å²) in [5.74, 6) is 13.8. The molecule has 3 aliphatic rings. The predicted molar refractivity (Wildman–Crippen MR) is 130 cm³/mol. The predicted octanol–water partition coefficient (Wildman–Crippen LogP) is 5.12. The summed E-state index contributed by atoms with van der Waals surface area (Å²) >= 11 is 0. The molecule has 1 heterocycles. The molecule has 0 spiro atoms. The molecule has 5 rings (SSSR count). The zero-order valence-corrected chi connectivity index (χ0v) is 18.4. The van der Waals surface area contributed by atoms with E-state index in [1.165, 1.54) is 49.8 Å². The Morgan fingerprint density at radius 3 is 2.42 bits per heavy atom. The molecule has 1 aromatic heterocycles. The van der Waals surface area contributed by atoms with Crippen LogP contribution >= 0.6 is 0 Å². The van der Waals surface area contributed by atoms with Crippen molar-refractivity contribution < 1.29 is 0 Å². The molecule has 0 unspecified atom stereocenters. The topological polar surface area (TPSA) is 15.8 Å². The van der Waals surface area contributed by atoms with Crippen LogP contribution in [0.25, 0.3) is 17.2 Å². The lowest BCUT2D eigenvalue weighted by atomic mass is 9.91. The van der Waals surface area contributed by atoms with Crippen molar-refractivity contribution in [2.24, 2.45) is 0 Å². The number of aryl methyl sites for hydroxylation is 2. The Bertz CT molecular complexity index is 1390. The molecule has 1 heteroatoms. The lowest BCUT2D eigenvalue weighted by Gasteiger charge is -2.14. The van der Waals surface area contributed by atoms with Gasteiger partial charge in [-0.15, -0.1) is 0 Å². The number of benzene rings is 1. The van der Waals surface area contributed by atoms with Gasteiger partial charge in [0.05, 0.1) is 5.35 Å². The van der Waals surface area contributed by atoms with E-state index in [-0.39, 0.29) is 0 Å². The Kier molecular flexibility index (Phi) is 5.28. The number of nitrogens with one attached hydrogen (secondary N) is 1. The third-order valence-electron chi connectivity index (χ3n) is 6.40. The highest BCUT2D eigenvalue weighted by molar-refractivity contribution is 5.75. The summed E-state index contributed by atoms with van der Waals surface area (Å²) in [6.45, 7) is 4.34. The summed E-state index contributed by atoms with van der Waals surface area (Å²) in [6.07, 6.45) is 14.9. The number of fused-ring (bicyclic) bond motifs is 2. The summed E-state index contributed by atoms with van der Waals surface area (Å²) in [5.41, 5.74) is 10.5. The molecule has 1 aromatic carbocycles. The van der Waals surface area contributed by atoms with Crippen LogP contribution in [0.1, 0.15) is 55.7 Å². The molecule has 0 bridgehead atoms. The molecule has 0 atom stereocenters. The van der Waals surface area contributed by atoms with Gasteiger partial charge in [-0.3, -0.25) is 0 Å². The molecule has 0 fully saturated rings. The van der Waals surface area contributed by atoms with Gasteiger partial charge in [-0.1, -0.05) is 65.2 Å². The molecule has 1 N–H and O–H groups in total.